The smallest absolute Gasteiger partial charge is 0.138 e. The topological polar surface area (TPSA) is 56.7 Å². The highest BCUT2D eigenvalue weighted by Gasteiger charge is 2.07. The molecule has 2 N–H and O–H groups in total. The van der Waals surface area contributed by atoms with Gasteiger partial charge in [-0.15, -0.1) is 0 Å². The molecule has 1 rings (SSSR count). The number of unbranched alkanes of at least 4 members (excludes halogenated alkanes) is 5. The SMILES string of the molecule is CCCCCCCCC(N)Cc1ncnn1C. The van der Waals surface area contributed by atoms with E-state index in [1.807, 2.05) is 7.05 Å². The molecule has 0 amide bonds. The van der Waals surface area contributed by atoms with Crippen LogP contribution in [0.1, 0.15) is 57.7 Å². The predicted molar refractivity (Wildman–Crippen MR) is 70.7 cm³/mol. The summed E-state index contributed by atoms with van der Waals surface area (Å²) in [6.45, 7) is 2.25. The molecular formula is C13H26N4. The molecular weight excluding hydrogens is 212 g/mol. The second-order valence-electron chi connectivity index (χ2n) is 4.82. The van der Waals surface area contributed by atoms with Gasteiger partial charge in [-0.05, 0) is 6.42 Å². The molecule has 4 nitrogen and oxygen atoms in total. The van der Waals surface area contributed by atoms with Crippen LogP contribution < -0.4 is 5.73 Å². The third kappa shape index (κ3) is 5.82. The lowest BCUT2D eigenvalue weighted by molar-refractivity contribution is 0.517. The molecule has 4 heteroatoms. The summed E-state index contributed by atoms with van der Waals surface area (Å²) in [7, 11) is 1.92. The van der Waals surface area contributed by atoms with Gasteiger partial charge in [-0.25, -0.2) is 4.98 Å². The standard InChI is InChI=1S/C13H26N4/c1-3-4-5-6-7-8-9-12(14)10-13-15-11-16-17(13)2/h11-12H,3-10,14H2,1-2H3. The zero-order valence-corrected chi connectivity index (χ0v) is 11.2. The Bertz CT molecular complexity index is 295. The van der Waals surface area contributed by atoms with Crippen LogP contribution in [0, 0.1) is 0 Å². The van der Waals surface area contributed by atoms with Crippen LogP contribution >= 0.6 is 0 Å². The van der Waals surface area contributed by atoms with Gasteiger partial charge in [0, 0.05) is 19.5 Å². The van der Waals surface area contributed by atoms with Crippen molar-refractivity contribution in [2.45, 2.75) is 64.3 Å². The molecule has 17 heavy (non-hydrogen) atoms. The van der Waals surface area contributed by atoms with Crippen molar-refractivity contribution in [1.82, 2.24) is 14.8 Å². The molecule has 0 aromatic carbocycles. The fraction of sp³-hybridized carbons (Fsp3) is 0.846. The summed E-state index contributed by atoms with van der Waals surface area (Å²) in [4.78, 5) is 4.20. The van der Waals surface area contributed by atoms with Gasteiger partial charge < -0.3 is 5.73 Å². The molecule has 98 valence electrons. The molecule has 0 fully saturated rings. The van der Waals surface area contributed by atoms with Crippen molar-refractivity contribution in [2.24, 2.45) is 12.8 Å². The Morgan fingerprint density at radius 2 is 1.94 bits per heavy atom. The lowest BCUT2D eigenvalue weighted by Gasteiger charge is -2.10. The van der Waals surface area contributed by atoms with Crippen molar-refractivity contribution >= 4 is 0 Å². The van der Waals surface area contributed by atoms with Crippen molar-refractivity contribution in [2.75, 3.05) is 0 Å². The Hall–Kier alpha value is -0.900. The van der Waals surface area contributed by atoms with Gasteiger partial charge in [0.25, 0.3) is 0 Å². The molecule has 0 saturated carbocycles. The molecule has 0 saturated heterocycles. The van der Waals surface area contributed by atoms with Crippen LogP contribution in [0.25, 0.3) is 0 Å². The van der Waals surface area contributed by atoms with E-state index in [4.69, 9.17) is 5.73 Å². The predicted octanol–water partition coefficient (Wildman–Crippen LogP) is 2.44. The largest absolute Gasteiger partial charge is 0.327 e. The highest BCUT2D eigenvalue weighted by Crippen LogP contribution is 2.09. The lowest BCUT2D eigenvalue weighted by Crippen LogP contribution is -2.24. The van der Waals surface area contributed by atoms with Gasteiger partial charge in [-0.1, -0.05) is 45.4 Å². The minimum absolute atomic E-state index is 0.226. The summed E-state index contributed by atoms with van der Waals surface area (Å²) in [6, 6.07) is 0.226. The van der Waals surface area contributed by atoms with E-state index in [1.165, 1.54) is 38.5 Å². The maximum absolute atomic E-state index is 6.09. The van der Waals surface area contributed by atoms with E-state index < -0.39 is 0 Å². The van der Waals surface area contributed by atoms with Gasteiger partial charge in [0.2, 0.25) is 0 Å². The first-order valence-electron chi connectivity index (χ1n) is 6.82. The minimum Gasteiger partial charge on any atom is -0.327 e. The van der Waals surface area contributed by atoms with Gasteiger partial charge >= 0.3 is 0 Å². The summed E-state index contributed by atoms with van der Waals surface area (Å²) in [5, 5.41) is 4.05. The van der Waals surface area contributed by atoms with Crippen LogP contribution in [0.3, 0.4) is 0 Å². The van der Waals surface area contributed by atoms with Crippen LogP contribution in [0.15, 0.2) is 6.33 Å². The monoisotopic (exact) mass is 238 g/mol. The first kappa shape index (κ1) is 14.2. The maximum Gasteiger partial charge on any atom is 0.138 e. The zero-order chi connectivity index (χ0) is 12.5. The number of hydrogen-bond donors (Lipinski definition) is 1. The quantitative estimate of drug-likeness (QED) is 0.672. The van der Waals surface area contributed by atoms with Crippen LogP contribution in [-0.4, -0.2) is 20.8 Å². The van der Waals surface area contributed by atoms with E-state index in [0.717, 1.165) is 18.7 Å². The van der Waals surface area contributed by atoms with Crippen molar-refractivity contribution in [3.05, 3.63) is 12.2 Å². The number of aromatic nitrogens is 3. The van der Waals surface area contributed by atoms with Crippen LogP contribution in [0.5, 0.6) is 0 Å². The Morgan fingerprint density at radius 3 is 2.59 bits per heavy atom. The van der Waals surface area contributed by atoms with Crippen molar-refractivity contribution in [3.8, 4) is 0 Å². The third-order valence-corrected chi connectivity index (χ3v) is 3.18. The van der Waals surface area contributed by atoms with Crippen molar-refractivity contribution < 1.29 is 0 Å². The fourth-order valence-electron chi connectivity index (χ4n) is 2.03. The number of hydrogen-bond acceptors (Lipinski definition) is 3. The number of nitrogens with two attached hydrogens (primary N) is 1. The molecule has 0 aliphatic rings. The van der Waals surface area contributed by atoms with Gasteiger partial charge in [0.05, 0.1) is 0 Å². The van der Waals surface area contributed by atoms with Crippen molar-refractivity contribution in [3.63, 3.8) is 0 Å². The molecule has 1 unspecified atom stereocenters. The van der Waals surface area contributed by atoms with Gasteiger partial charge in [-0.3, -0.25) is 4.68 Å². The van der Waals surface area contributed by atoms with Gasteiger partial charge in [-0.2, -0.15) is 5.10 Å². The van der Waals surface area contributed by atoms with Crippen LogP contribution in [0.2, 0.25) is 0 Å². The van der Waals surface area contributed by atoms with E-state index >= 15 is 0 Å². The van der Waals surface area contributed by atoms with E-state index in [1.54, 1.807) is 11.0 Å². The van der Waals surface area contributed by atoms with Crippen molar-refractivity contribution in [1.29, 1.82) is 0 Å². The maximum atomic E-state index is 6.09. The molecule has 0 bridgehead atoms. The summed E-state index contributed by atoms with van der Waals surface area (Å²) in [5.74, 6) is 0.989. The fourth-order valence-corrected chi connectivity index (χ4v) is 2.03. The highest BCUT2D eigenvalue weighted by atomic mass is 15.3. The van der Waals surface area contributed by atoms with E-state index in [0.29, 0.717) is 0 Å². The Labute approximate surface area is 105 Å². The van der Waals surface area contributed by atoms with E-state index in [2.05, 4.69) is 17.0 Å². The third-order valence-electron chi connectivity index (χ3n) is 3.18. The molecule has 1 atom stereocenters. The molecule has 0 radical (unpaired) electrons. The summed E-state index contributed by atoms with van der Waals surface area (Å²) in [6.07, 6.45) is 11.5. The van der Waals surface area contributed by atoms with Gasteiger partial charge in [0.1, 0.15) is 12.2 Å². The average molecular weight is 238 g/mol. The van der Waals surface area contributed by atoms with E-state index in [9.17, 15) is 0 Å². The highest BCUT2D eigenvalue weighted by molar-refractivity contribution is 4.87. The first-order valence-corrected chi connectivity index (χ1v) is 6.82. The first-order chi connectivity index (χ1) is 8.24. The summed E-state index contributed by atoms with van der Waals surface area (Å²) < 4.78 is 1.81. The molecule has 1 aromatic rings. The summed E-state index contributed by atoms with van der Waals surface area (Å²) >= 11 is 0. The van der Waals surface area contributed by atoms with Gasteiger partial charge in [0.15, 0.2) is 0 Å². The Balaban J connectivity index is 2.05. The summed E-state index contributed by atoms with van der Waals surface area (Å²) in [5.41, 5.74) is 6.09. The number of rotatable bonds is 9. The van der Waals surface area contributed by atoms with E-state index in [-0.39, 0.29) is 6.04 Å². The molecule has 0 aliphatic heterocycles. The minimum atomic E-state index is 0.226. The second kappa shape index (κ2) is 8.23. The average Bonchev–Trinajstić information content (AvgIpc) is 2.69. The molecule has 1 aromatic heterocycles. The number of aryl methyl sites for hydroxylation is 1. The lowest BCUT2D eigenvalue weighted by atomic mass is 10.0. The Kier molecular flexibility index (Phi) is 6.86. The molecule has 1 heterocycles. The number of nitrogens with zero attached hydrogens (tertiary/aromatic N) is 3. The van der Waals surface area contributed by atoms with Crippen LogP contribution in [-0.2, 0) is 13.5 Å². The second-order valence-corrected chi connectivity index (χ2v) is 4.82. The molecule has 0 spiro atoms. The normalized spacial score (nSPS) is 12.9. The van der Waals surface area contributed by atoms with Crippen LogP contribution in [0.4, 0.5) is 0 Å². The Morgan fingerprint density at radius 1 is 1.24 bits per heavy atom. The molecule has 0 aliphatic carbocycles. The zero-order valence-electron chi connectivity index (χ0n) is 11.2.